The van der Waals surface area contributed by atoms with Crippen molar-refractivity contribution < 1.29 is 4.74 Å². The van der Waals surface area contributed by atoms with Crippen LogP contribution in [0.4, 0.5) is 0 Å². The fourth-order valence-electron chi connectivity index (χ4n) is 2.36. The maximum atomic E-state index is 8.93. The minimum Gasteiger partial charge on any atom is -0.496 e. The number of nitrogens with one attached hydrogen (secondary N) is 1. The predicted octanol–water partition coefficient (Wildman–Crippen LogP) is 2.85. The van der Waals surface area contributed by atoms with Crippen molar-refractivity contribution in [2.45, 2.75) is 38.8 Å². The molecule has 96 valence electrons. The van der Waals surface area contributed by atoms with Crippen molar-refractivity contribution in [1.29, 1.82) is 5.26 Å². The average Bonchev–Trinajstić information content (AvgIpc) is 2.33. The second kappa shape index (κ2) is 5.88. The Labute approximate surface area is 109 Å². The lowest BCUT2D eigenvalue weighted by molar-refractivity contribution is 0.239. The number of nitrogens with zero attached hydrogens (tertiary/aromatic N) is 1. The first kappa shape index (κ1) is 12.9. The molecule has 0 spiro atoms. The molecule has 0 amide bonds. The van der Waals surface area contributed by atoms with Gasteiger partial charge in [0.2, 0.25) is 0 Å². The molecule has 1 aromatic rings. The highest BCUT2D eigenvalue weighted by Crippen LogP contribution is 2.29. The Bertz CT molecular complexity index is 446. The monoisotopic (exact) mass is 244 g/mol. The molecular formula is C15H20N2O. The maximum Gasteiger partial charge on any atom is 0.123 e. The molecular weight excluding hydrogens is 224 g/mol. The van der Waals surface area contributed by atoms with E-state index < -0.39 is 0 Å². The molecule has 1 unspecified atom stereocenters. The van der Waals surface area contributed by atoms with Gasteiger partial charge >= 0.3 is 0 Å². The normalized spacial score (nSPS) is 16.7. The van der Waals surface area contributed by atoms with E-state index in [0.29, 0.717) is 11.6 Å². The van der Waals surface area contributed by atoms with Gasteiger partial charge in [-0.1, -0.05) is 6.42 Å². The number of ether oxygens (including phenoxy) is 1. The lowest BCUT2D eigenvalue weighted by atomic mass is 9.80. The zero-order chi connectivity index (χ0) is 13.0. The Morgan fingerprint density at radius 1 is 1.50 bits per heavy atom. The molecule has 0 heterocycles. The summed E-state index contributed by atoms with van der Waals surface area (Å²) < 4.78 is 5.33. The first-order chi connectivity index (χ1) is 8.74. The first-order valence-corrected chi connectivity index (χ1v) is 6.55. The van der Waals surface area contributed by atoms with Gasteiger partial charge in [-0.2, -0.15) is 5.26 Å². The minimum absolute atomic E-state index is 0.536. The summed E-state index contributed by atoms with van der Waals surface area (Å²) in [6, 6.07) is 8.26. The lowest BCUT2D eigenvalue weighted by Gasteiger charge is -2.32. The molecule has 2 rings (SSSR count). The van der Waals surface area contributed by atoms with Crippen LogP contribution in [-0.4, -0.2) is 13.2 Å². The number of benzene rings is 1. The van der Waals surface area contributed by atoms with Crippen LogP contribution < -0.4 is 10.1 Å². The van der Waals surface area contributed by atoms with Crippen LogP contribution in [-0.2, 0) is 6.54 Å². The molecule has 0 aromatic heterocycles. The van der Waals surface area contributed by atoms with Crippen molar-refractivity contribution in [3.8, 4) is 11.8 Å². The van der Waals surface area contributed by atoms with Crippen molar-refractivity contribution in [2.24, 2.45) is 5.92 Å². The van der Waals surface area contributed by atoms with Gasteiger partial charge in [-0.3, -0.25) is 0 Å². The van der Waals surface area contributed by atoms with E-state index in [1.165, 1.54) is 19.3 Å². The Morgan fingerprint density at radius 3 is 2.83 bits per heavy atom. The summed E-state index contributed by atoms with van der Waals surface area (Å²) in [5.41, 5.74) is 1.74. The fourth-order valence-corrected chi connectivity index (χ4v) is 2.36. The van der Waals surface area contributed by atoms with Crippen molar-refractivity contribution in [3.05, 3.63) is 29.3 Å². The molecule has 18 heavy (non-hydrogen) atoms. The molecule has 1 atom stereocenters. The maximum absolute atomic E-state index is 8.93. The van der Waals surface area contributed by atoms with E-state index in [2.05, 4.69) is 18.3 Å². The average molecular weight is 244 g/mol. The van der Waals surface area contributed by atoms with Gasteiger partial charge in [0, 0.05) is 18.2 Å². The van der Waals surface area contributed by atoms with Crippen molar-refractivity contribution in [3.63, 3.8) is 0 Å². The Morgan fingerprint density at radius 2 is 2.28 bits per heavy atom. The van der Waals surface area contributed by atoms with Crippen LogP contribution in [0.15, 0.2) is 18.2 Å². The summed E-state index contributed by atoms with van der Waals surface area (Å²) in [5, 5.41) is 12.5. The zero-order valence-electron chi connectivity index (χ0n) is 11.1. The molecule has 1 aromatic carbocycles. The topological polar surface area (TPSA) is 45.0 Å². The molecule has 1 aliphatic rings. The van der Waals surface area contributed by atoms with Crippen LogP contribution in [0.1, 0.15) is 37.3 Å². The third-order valence-corrected chi connectivity index (χ3v) is 3.88. The summed E-state index contributed by atoms with van der Waals surface area (Å²) >= 11 is 0. The summed E-state index contributed by atoms with van der Waals surface area (Å²) in [6.07, 6.45) is 4.04. The van der Waals surface area contributed by atoms with Gasteiger partial charge in [0.25, 0.3) is 0 Å². The number of nitriles is 1. The first-order valence-electron chi connectivity index (χ1n) is 6.55. The van der Waals surface area contributed by atoms with Crippen molar-refractivity contribution in [1.82, 2.24) is 5.32 Å². The van der Waals surface area contributed by atoms with E-state index in [1.54, 1.807) is 13.2 Å². The fraction of sp³-hybridized carbons (Fsp3) is 0.533. The molecule has 0 bridgehead atoms. The summed E-state index contributed by atoms with van der Waals surface area (Å²) in [6.45, 7) is 3.00. The van der Waals surface area contributed by atoms with Crippen LogP contribution in [0.5, 0.6) is 5.75 Å². The number of hydrogen-bond donors (Lipinski definition) is 1. The van der Waals surface area contributed by atoms with E-state index in [1.807, 2.05) is 12.1 Å². The van der Waals surface area contributed by atoms with Gasteiger partial charge in [-0.25, -0.2) is 0 Å². The summed E-state index contributed by atoms with van der Waals surface area (Å²) in [4.78, 5) is 0. The molecule has 1 N–H and O–H groups in total. The van der Waals surface area contributed by atoms with Gasteiger partial charge in [0.1, 0.15) is 5.75 Å². The van der Waals surface area contributed by atoms with E-state index in [-0.39, 0.29) is 0 Å². The number of hydrogen-bond acceptors (Lipinski definition) is 3. The highest BCUT2D eigenvalue weighted by molar-refractivity contribution is 5.42. The SMILES string of the molecule is COc1ccc(C#N)cc1CNC(C)C1CCC1. The smallest absolute Gasteiger partial charge is 0.123 e. The predicted molar refractivity (Wildman–Crippen MR) is 71.4 cm³/mol. The van der Waals surface area contributed by atoms with Gasteiger partial charge in [-0.15, -0.1) is 0 Å². The minimum atomic E-state index is 0.536. The van der Waals surface area contributed by atoms with E-state index in [4.69, 9.17) is 10.00 Å². The zero-order valence-corrected chi connectivity index (χ0v) is 11.1. The molecule has 0 radical (unpaired) electrons. The van der Waals surface area contributed by atoms with Gasteiger partial charge < -0.3 is 10.1 Å². The van der Waals surface area contributed by atoms with Crippen LogP contribution in [0, 0.1) is 17.2 Å². The Kier molecular flexibility index (Phi) is 4.22. The van der Waals surface area contributed by atoms with Crippen LogP contribution in [0.25, 0.3) is 0 Å². The second-order valence-corrected chi connectivity index (χ2v) is 5.00. The highest BCUT2D eigenvalue weighted by Gasteiger charge is 2.23. The van der Waals surface area contributed by atoms with E-state index in [9.17, 15) is 0 Å². The van der Waals surface area contributed by atoms with Crippen LogP contribution in [0.2, 0.25) is 0 Å². The van der Waals surface area contributed by atoms with E-state index in [0.717, 1.165) is 23.8 Å². The molecule has 1 saturated carbocycles. The van der Waals surface area contributed by atoms with Gasteiger partial charge in [0.05, 0.1) is 18.7 Å². The highest BCUT2D eigenvalue weighted by atomic mass is 16.5. The molecule has 3 nitrogen and oxygen atoms in total. The molecule has 1 fully saturated rings. The van der Waals surface area contributed by atoms with Crippen LogP contribution in [0.3, 0.4) is 0 Å². The molecule has 0 saturated heterocycles. The Balaban J connectivity index is 2.00. The van der Waals surface area contributed by atoms with Crippen molar-refractivity contribution in [2.75, 3.05) is 7.11 Å². The summed E-state index contributed by atoms with van der Waals surface area (Å²) in [7, 11) is 1.67. The van der Waals surface area contributed by atoms with E-state index >= 15 is 0 Å². The third kappa shape index (κ3) is 2.83. The third-order valence-electron chi connectivity index (χ3n) is 3.88. The Hall–Kier alpha value is -1.53. The molecule has 0 aliphatic heterocycles. The lowest BCUT2D eigenvalue weighted by Crippen LogP contribution is -2.36. The van der Waals surface area contributed by atoms with Gasteiger partial charge in [0.15, 0.2) is 0 Å². The second-order valence-electron chi connectivity index (χ2n) is 5.00. The largest absolute Gasteiger partial charge is 0.496 e. The number of methoxy groups -OCH3 is 1. The van der Waals surface area contributed by atoms with Crippen LogP contribution >= 0.6 is 0 Å². The standard InChI is InChI=1S/C15H20N2O/c1-11(13-4-3-5-13)17-10-14-8-12(9-16)6-7-15(14)18-2/h6-8,11,13,17H,3-5,10H2,1-2H3. The molecule has 1 aliphatic carbocycles. The summed E-state index contributed by atoms with van der Waals surface area (Å²) in [5.74, 6) is 1.66. The quantitative estimate of drug-likeness (QED) is 0.866. The molecule has 3 heteroatoms. The van der Waals surface area contributed by atoms with Gasteiger partial charge in [-0.05, 0) is 43.9 Å². The number of rotatable bonds is 5. The van der Waals surface area contributed by atoms with Crippen molar-refractivity contribution >= 4 is 0 Å².